The second-order valence-electron chi connectivity index (χ2n) is 6.69. The summed E-state index contributed by atoms with van der Waals surface area (Å²) in [5.74, 6) is -0.376. The van der Waals surface area contributed by atoms with E-state index in [1.165, 1.54) is 22.5 Å². The van der Waals surface area contributed by atoms with Gasteiger partial charge in [-0.3, -0.25) is 19.8 Å². The number of rotatable bonds is 6. The third kappa shape index (κ3) is 4.61. The molecule has 1 heterocycles. The van der Waals surface area contributed by atoms with E-state index in [-0.39, 0.29) is 35.3 Å². The van der Waals surface area contributed by atoms with Crippen LogP contribution in [-0.4, -0.2) is 60.7 Å². The summed E-state index contributed by atoms with van der Waals surface area (Å²) in [5.41, 5.74) is -0.0357. The number of nitrogens with zero attached hydrogens (tertiary/aromatic N) is 3. The monoisotopic (exact) mass is 418 g/mol. The van der Waals surface area contributed by atoms with Gasteiger partial charge in [0, 0.05) is 32.2 Å². The number of carbonyl (C=O) groups excluding carboxylic acids is 1. The molecule has 0 bridgehead atoms. The van der Waals surface area contributed by atoms with Crippen LogP contribution in [0.15, 0.2) is 59.5 Å². The Bertz CT molecular complexity index is 989. The Morgan fingerprint density at radius 1 is 1.03 bits per heavy atom. The first kappa shape index (κ1) is 20.9. The molecule has 0 radical (unpaired) electrons. The van der Waals surface area contributed by atoms with E-state index in [2.05, 4.69) is 5.32 Å². The van der Waals surface area contributed by atoms with E-state index in [0.717, 1.165) is 0 Å². The second-order valence-corrected chi connectivity index (χ2v) is 8.63. The molecule has 0 aliphatic carbocycles. The summed E-state index contributed by atoms with van der Waals surface area (Å²) in [6.07, 6.45) is 0. The van der Waals surface area contributed by atoms with Crippen LogP contribution < -0.4 is 5.32 Å². The maximum Gasteiger partial charge on any atom is 0.292 e. The molecular weight excluding hydrogens is 396 g/mol. The van der Waals surface area contributed by atoms with Crippen molar-refractivity contribution in [3.8, 4) is 0 Å². The van der Waals surface area contributed by atoms with Crippen molar-refractivity contribution in [1.82, 2.24) is 9.21 Å². The summed E-state index contributed by atoms with van der Waals surface area (Å²) in [6, 6.07) is 13.6. The highest BCUT2D eigenvalue weighted by Gasteiger charge is 2.32. The lowest BCUT2D eigenvalue weighted by molar-refractivity contribution is -0.383. The molecule has 1 N–H and O–H groups in total. The number of para-hydroxylation sites is 2. The first-order valence-corrected chi connectivity index (χ1v) is 10.6. The zero-order chi connectivity index (χ0) is 21.0. The van der Waals surface area contributed by atoms with Crippen molar-refractivity contribution in [2.45, 2.75) is 17.9 Å². The van der Waals surface area contributed by atoms with E-state index >= 15 is 0 Å². The number of benzene rings is 2. The van der Waals surface area contributed by atoms with Crippen LogP contribution in [0.5, 0.6) is 0 Å². The van der Waals surface area contributed by atoms with E-state index in [1.807, 2.05) is 4.90 Å². The predicted molar refractivity (Wildman–Crippen MR) is 108 cm³/mol. The minimum atomic E-state index is -3.56. The number of nitro benzene ring substituents is 1. The minimum absolute atomic E-state index is 0.139. The van der Waals surface area contributed by atoms with Crippen LogP contribution in [0.2, 0.25) is 0 Å². The number of hydrogen-bond donors (Lipinski definition) is 1. The quantitative estimate of drug-likeness (QED) is 0.567. The lowest BCUT2D eigenvalue weighted by atomic mass is 10.2. The fourth-order valence-corrected chi connectivity index (χ4v) is 4.66. The smallest absolute Gasteiger partial charge is 0.292 e. The summed E-state index contributed by atoms with van der Waals surface area (Å²) in [7, 11) is -3.56. The Balaban J connectivity index is 1.62. The number of amides is 1. The molecule has 10 heteroatoms. The number of nitrogens with one attached hydrogen (secondary N) is 1. The third-order valence-electron chi connectivity index (χ3n) is 4.94. The Morgan fingerprint density at radius 3 is 2.24 bits per heavy atom. The van der Waals surface area contributed by atoms with Crippen molar-refractivity contribution in [3.05, 3.63) is 64.7 Å². The summed E-state index contributed by atoms with van der Waals surface area (Å²) in [6.45, 7) is 3.00. The predicted octanol–water partition coefficient (Wildman–Crippen LogP) is 1.93. The maximum atomic E-state index is 12.7. The van der Waals surface area contributed by atoms with Gasteiger partial charge in [0.15, 0.2) is 0 Å². The topological polar surface area (TPSA) is 113 Å². The number of nitro groups is 1. The molecule has 1 aliphatic heterocycles. The van der Waals surface area contributed by atoms with Gasteiger partial charge in [-0.15, -0.1) is 0 Å². The van der Waals surface area contributed by atoms with Gasteiger partial charge in [-0.1, -0.05) is 30.3 Å². The fourth-order valence-electron chi connectivity index (χ4n) is 3.21. The Morgan fingerprint density at radius 2 is 1.62 bits per heavy atom. The van der Waals surface area contributed by atoms with Crippen molar-refractivity contribution in [2.24, 2.45) is 0 Å². The number of anilines is 1. The minimum Gasteiger partial charge on any atom is -0.319 e. The van der Waals surface area contributed by atoms with E-state index < -0.39 is 21.0 Å². The molecule has 1 amide bonds. The SMILES string of the molecule is C[C@H](C(=O)Nc1ccccc1[N+](=O)[O-])N1CCN(S(=O)(=O)c2ccccc2)CC1. The zero-order valence-electron chi connectivity index (χ0n) is 15.9. The van der Waals surface area contributed by atoms with Gasteiger partial charge in [0.2, 0.25) is 15.9 Å². The number of carbonyl (C=O) groups is 1. The van der Waals surface area contributed by atoms with Crippen LogP contribution in [0.3, 0.4) is 0 Å². The first-order valence-electron chi connectivity index (χ1n) is 9.14. The standard InChI is InChI=1S/C19H22N4O5S/c1-15(19(24)20-17-9-5-6-10-18(17)23(25)26)21-11-13-22(14-12-21)29(27,28)16-7-3-2-4-8-16/h2-10,15H,11-14H2,1H3,(H,20,24)/t15-/m1/s1. The van der Waals surface area contributed by atoms with Crippen molar-refractivity contribution in [3.63, 3.8) is 0 Å². The molecule has 2 aromatic carbocycles. The van der Waals surface area contributed by atoms with E-state index in [0.29, 0.717) is 13.1 Å². The van der Waals surface area contributed by atoms with Crippen molar-refractivity contribution >= 4 is 27.3 Å². The average molecular weight is 418 g/mol. The Labute approximate surface area is 169 Å². The Kier molecular flexibility index (Phi) is 6.26. The molecule has 3 rings (SSSR count). The summed E-state index contributed by atoms with van der Waals surface area (Å²) < 4.78 is 26.8. The lowest BCUT2D eigenvalue weighted by Crippen LogP contribution is -2.53. The molecule has 1 atom stereocenters. The van der Waals surface area contributed by atoms with Gasteiger partial charge in [0.05, 0.1) is 15.9 Å². The number of piperazine rings is 1. The van der Waals surface area contributed by atoms with Gasteiger partial charge in [-0.25, -0.2) is 8.42 Å². The highest BCUT2D eigenvalue weighted by atomic mass is 32.2. The molecule has 0 spiro atoms. The molecular formula is C19H22N4O5S. The van der Waals surface area contributed by atoms with Crippen LogP contribution >= 0.6 is 0 Å². The van der Waals surface area contributed by atoms with Gasteiger partial charge >= 0.3 is 0 Å². The third-order valence-corrected chi connectivity index (χ3v) is 6.85. The largest absolute Gasteiger partial charge is 0.319 e. The van der Waals surface area contributed by atoms with Crippen molar-refractivity contribution in [2.75, 3.05) is 31.5 Å². The van der Waals surface area contributed by atoms with Crippen LogP contribution in [0.1, 0.15) is 6.92 Å². The normalized spacial score (nSPS) is 16.9. The Hall–Kier alpha value is -2.82. The van der Waals surface area contributed by atoms with Crippen LogP contribution in [0.25, 0.3) is 0 Å². The first-order chi connectivity index (χ1) is 13.8. The van der Waals surface area contributed by atoms with E-state index in [9.17, 15) is 23.3 Å². The van der Waals surface area contributed by atoms with Gasteiger partial charge in [0.1, 0.15) is 5.69 Å². The maximum absolute atomic E-state index is 12.7. The van der Waals surface area contributed by atoms with Gasteiger partial charge in [0.25, 0.3) is 5.69 Å². The number of sulfonamides is 1. The van der Waals surface area contributed by atoms with Crippen LogP contribution in [0, 0.1) is 10.1 Å². The summed E-state index contributed by atoms with van der Waals surface area (Å²) in [5, 5.41) is 13.7. The second kappa shape index (κ2) is 8.68. The van der Waals surface area contributed by atoms with Gasteiger partial charge < -0.3 is 5.32 Å². The molecule has 1 fully saturated rings. The average Bonchev–Trinajstić information content (AvgIpc) is 2.74. The summed E-state index contributed by atoms with van der Waals surface area (Å²) in [4.78, 5) is 25.2. The van der Waals surface area contributed by atoms with Crippen LogP contribution in [0.4, 0.5) is 11.4 Å². The molecule has 29 heavy (non-hydrogen) atoms. The highest BCUT2D eigenvalue weighted by Crippen LogP contribution is 2.24. The van der Waals surface area contributed by atoms with Crippen LogP contribution in [-0.2, 0) is 14.8 Å². The molecule has 1 saturated heterocycles. The van der Waals surface area contributed by atoms with Crippen molar-refractivity contribution in [1.29, 1.82) is 0 Å². The molecule has 0 saturated carbocycles. The van der Waals surface area contributed by atoms with Gasteiger partial charge in [-0.2, -0.15) is 4.31 Å². The van der Waals surface area contributed by atoms with Gasteiger partial charge in [-0.05, 0) is 25.1 Å². The zero-order valence-corrected chi connectivity index (χ0v) is 16.7. The highest BCUT2D eigenvalue weighted by molar-refractivity contribution is 7.89. The molecule has 154 valence electrons. The number of hydrogen-bond acceptors (Lipinski definition) is 6. The fraction of sp³-hybridized carbons (Fsp3) is 0.316. The summed E-state index contributed by atoms with van der Waals surface area (Å²) >= 11 is 0. The van der Waals surface area contributed by atoms with Crippen molar-refractivity contribution < 1.29 is 18.1 Å². The van der Waals surface area contributed by atoms with E-state index in [4.69, 9.17) is 0 Å². The molecule has 2 aromatic rings. The molecule has 9 nitrogen and oxygen atoms in total. The molecule has 0 unspecified atom stereocenters. The van der Waals surface area contributed by atoms with E-state index in [1.54, 1.807) is 43.3 Å². The lowest BCUT2D eigenvalue weighted by Gasteiger charge is -2.36. The molecule has 1 aliphatic rings. The molecule has 0 aromatic heterocycles.